The third kappa shape index (κ3) is 3.72. The average Bonchev–Trinajstić information content (AvgIpc) is 3.28. The zero-order valence-corrected chi connectivity index (χ0v) is 15.4. The van der Waals surface area contributed by atoms with Crippen LogP contribution in [0, 0.1) is 10.1 Å². The smallest absolute Gasteiger partial charge is 0.288 e. The van der Waals surface area contributed by atoms with Crippen LogP contribution in [0.1, 0.15) is 21.5 Å². The Morgan fingerprint density at radius 1 is 1.10 bits per heavy atom. The lowest BCUT2D eigenvalue weighted by molar-refractivity contribution is -0.384. The van der Waals surface area contributed by atoms with E-state index in [4.69, 9.17) is 4.42 Å². The van der Waals surface area contributed by atoms with Crippen LogP contribution in [0.2, 0.25) is 0 Å². The van der Waals surface area contributed by atoms with Crippen molar-refractivity contribution in [3.8, 4) is 0 Å². The molecule has 4 rings (SSSR count). The summed E-state index contributed by atoms with van der Waals surface area (Å²) >= 11 is 0. The number of aliphatic imine (C=N–C) groups is 1. The fourth-order valence-corrected chi connectivity index (χ4v) is 2.82. The van der Waals surface area contributed by atoms with E-state index in [0.717, 1.165) is 5.01 Å². The van der Waals surface area contributed by atoms with Crippen LogP contribution in [0.5, 0.6) is 0 Å². The standard InChI is InChI=1S/C21H14N4O5/c26-20-18(12-14-10-11-30-13-14)22-19(15-4-2-1-3-5-15)24(23-20)21(27)16-6-8-17(9-7-16)25(28)29/h1-13H,(H,23,26)/b18-12+. The second-order valence-corrected chi connectivity index (χ2v) is 6.27. The number of nitrogens with zero attached hydrogens (tertiary/aromatic N) is 3. The van der Waals surface area contributed by atoms with Crippen LogP contribution in [0.15, 0.2) is 88.3 Å². The molecule has 0 spiro atoms. The number of carbonyl (C=O) groups is 2. The van der Waals surface area contributed by atoms with Gasteiger partial charge in [-0.05, 0) is 24.3 Å². The summed E-state index contributed by atoms with van der Waals surface area (Å²) in [6.07, 6.45) is 4.47. The normalized spacial score (nSPS) is 14.9. The van der Waals surface area contributed by atoms with Crippen molar-refractivity contribution in [2.75, 3.05) is 0 Å². The molecule has 3 aromatic rings. The van der Waals surface area contributed by atoms with Gasteiger partial charge in [0.15, 0.2) is 5.84 Å². The molecule has 9 heteroatoms. The summed E-state index contributed by atoms with van der Waals surface area (Å²) in [5, 5.41) is 11.9. The zero-order chi connectivity index (χ0) is 21.1. The van der Waals surface area contributed by atoms with Crippen LogP contribution in [-0.4, -0.2) is 27.6 Å². The summed E-state index contributed by atoms with van der Waals surface area (Å²) in [6.45, 7) is 0. The van der Waals surface area contributed by atoms with E-state index in [2.05, 4.69) is 10.4 Å². The molecule has 1 aliphatic rings. The minimum absolute atomic E-state index is 0.100. The summed E-state index contributed by atoms with van der Waals surface area (Å²) in [6, 6.07) is 15.7. The molecule has 0 fully saturated rings. The van der Waals surface area contributed by atoms with E-state index < -0.39 is 16.7 Å². The van der Waals surface area contributed by atoms with Gasteiger partial charge in [-0.3, -0.25) is 25.1 Å². The number of hydrogen-bond acceptors (Lipinski definition) is 6. The average molecular weight is 402 g/mol. The van der Waals surface area contributed by atoms with E-state index in [-0.39, 0.29) is 22.8 Å². The van der Waals surface area contributed by atoms with Crippen LogP contribution in [0.25, 0.3) is 6.08 Å². The molecule has 0 unspecified atom stereocenters. The molecule has 0 aliphatic carbocycles. The first-order chi connectivity index (χ1) is 14.5. The van der Waals surface area contributed by atoms with Crippen LogP contribution < -0.4 is 5.43 Å². The highest BCUT2D eigenvalue weighted by atomic mass is 16.6. The Morgan fingerprint density at radius 3 is 2.47 bits per heavy atom. The number of hydrogen-bond donors (Lipinski definition) is 1. The van der Waals surface area contributed by atoms with Gasteiger partial charge in [0, 0.05) is 28.8 Å². The minimum atomic E-state index is -0.580. The predicted octanol–water partition coefficient (Wildman–Crippen LogP) is 3.16. The second-order valence-electron chi connectivity index (χ2n) is 6.27. The number of amides is 2. The Balaban J connectivity index is 1.75. The second kappa shape index (κ2) is 7.84. The number of benzene rings is 2. The maximum atomic E-state index is 13.1. The molecule has 0 atom stereocenters. The fourth-order valence-electron chi connectivity index (χ4n) is 2.82. The molecule has 2 amide bonds. The van der Waals surface area contributed by atoms with E-state index >= 15 is 0 Å². The number of nitro groups is 1. The molecular weight excluding hydrogens is 388 g/mol. The van der Waals surface area contributed by atoms with Gasteiger partial charge in [0.1, 0.15) is 5.70 Å². The first kappa shape index (κ1) is 18.8. The highest BCUT2D eigenvalue weighted by molar-refractivity contribution is 6.18. The lowest BCUT2D eigenvalue weighted by Crippen LogP contribution is -2.53. The van der Waals surface area contributed by atoms with E-state index in [1.165, 1.54) is 42.9 Å². The minimum Gasteiger partial charge on any atom is -0.472 e. The van der Waals surface area contributed by atoms with Crippen molar-refractivity contribution >= 4 is 29.4 Å². The molecule has 0 saturated carbocycles. The van der Waals surface area contributed by atoms with Gasteiger partial charge in [-0.15, -0.1) is 0 Å². The van der Waals surface area contributed by atoms with Crippen molar-refractivity contribution in [3.63, 3.8) is 0 Å². The Hall–Kier alpha value is -4.53. The van der Waals surface area contributed by atoms with E-state index in [1.54, 1.807) is 30.3 Å². The van der Waals surface area contributed by atoms with Gasteiger partial charge in [-0.2, -0.15) is 5.01 Å². The van der Waals surface area contributed by atoms with Crippen molar-refractivity contribution in [2.24, 2.45) is 4.99 Å². The molecule has 1 aliphatic heterocycles. The summed E-state index contributed by atoms with van der Waals surface area (Å²) in [4.78, 5) is 40.3. The van der Waals surface area contributed by atoms with Gasteiger partial charge in [0.25, 0.3) is 17.5 Å². The van der Waals surface area contributed by atoms with Gasteiger partial charge < -0.3 is 4.42 Å². The van der Waals surface area contributed by atoms with Crippen LogP contribution >= 0.6 is 0 Å². The summed E-state index contributed by atoms with van der Waals surface area (Å²) < 4.78 is 5.01. The Labute approximate surface area is 170 Å². The first-order valence-corrected chi connectivity index (χ1v) is 8.81. The quantitative estimate of drug-likeness (QED) is 0.409. The molecule has 0 bridgehead atoms. The third-order valence-corrected chi connectivity index (χ3v) is 4.29. The van der Waals surface area contributed by atoms with Gasteiger partial charge in [0.2, 0.25) is 0 Å². The van der Waals surface area contributed by atoms with Gasteiger partial charge in [0.05, 0.1) is 17.4 Å². The van der Waals surface area contributed by atoms with Gasteiger partial charge >= 0.3 is 0 Å². The Bertz CT molecular complexity index is 1170. The highest BCUT2D eigenvalue weighted by Gasteiger charge is 2.30. The molecular formula is C21H14N4O5. The summed E-state index contributed by atoms with van der Waals surface area (Å²) in [5.41, 5.74) is 3.91. The lowest BCUT2D eigenvalue weighted by atomic mass is 10.1. The summed E-state index contributed by atoms with van der Waals surface area (Å²) in [7, 11) is 0. The fraction of sp³-hybridized carbons (Fsp3) is 0. The maximum absolute atomic E-state index is 13.1. The van der Waals surface area contributed by atoms with Gasteiger partial charge in [-0.25, -0.2) is 4.99 Å². The van der Waals surface area contributed by atoms with Gasteiger partial charge in [-0.1, -0.05) is 30.3 Å². The molecule has 1 N–H and O–H groups in total. The molecule has 9 nitrogen and oxygen atoms in total. The molecule has 30 heavy (non-hydrogen) atoms. The molecule has 0 saturated heterocycles. The van der Waals surface area contributed by atoms with Crippen LogP contribution in [0.4, 0.5) is 5.69 Å². The topological polar surface area (TPSA) is 118 Å². The van der Waals surface area contributed by atoms with Crippen LogP contribution in [-0.2, 0) is 4.79 Å². The highest BCUT2D eigenvalue weighted by Crippen LogP contribution is 2.20. The lowest BCUT2D eigenvalue weighted by Gasteiger charge is -2.28. The molecule has 2 heterocycles. The zero-order valence-electron chi connectivity index (χ0n) is 15.4. The maximum Gasteiger partial charge on any atom is 0.288 e. The number of hydrazine groups is 1. The van der Waals surface area contributed by atoms with Crippen molar-refractivity contribution in [1.29, 1.82) is 0 Å². The number of non-ortho nitro benzene ring substituents is 1. The van der Waals surface area contributed by atoms with Crippen LogP contribution in [0.3, 0.4) is 0 Å². The van der Waals surface area contributed by atoms with Crippen molar-refractivity contribution < 1.29 is 18.9 Å². The number of rotatable bonds is 4. The van der Waals surface area contributed by atoms with E-state index in [0.29, 0.717) is 11.1 Å². The van der Waals surface area contributed by atoms with E-state index in [1.807, 2.05) is 6.07 Å². The first-order valence-electron chi connectivity index (χ1n) is 8.81. The SMILES string of the molecule is O=C1NN(C(=O)c2ccc([N+](=O)[O-])cc2)C(c2ccccc2)=N/C1=C/c1ccoc1. The molecule has 0 radical (unpaired) electrons. The van der Waals surface area contributed by atoms with Crippen molar-refractivity contribution in [1.82, 2.24) is 10.4 Å². The van der Waals surface area contributed by atoms with E-state index in [9.17, 15) is 19.7 Å². The molecule has 148 valence electrons. The molecule has 2 aromatic carbocycles. The summed E-state index contributed by atoms with van der Waals surface area (Å²) in [5.74, 6) is -0.942. The number of amidine groups is 1. The van der Waals surface area contributed by atoms with Crippen molar-refractivity contribution in [3.05, 3.63) is 106 Å². The predicted molar refractivity (Wildman–Crippen MR) is 107 cm³/mol. The number of furan rings is 1. The largest absolute Gasteiger partial charge is 0.472 e. The number of nitro benzene ring substituents is 1. The number of nitrogens with one attached hydrogen (secondary N) is 1. The number of carbonyl (C=O) groups excluding carboxylic acids is 2. The third-order valence-electron chi connectivity index (χ3n) is 4.29. The van der Waals surface area contributed by atoms with Crippen molar-refractivity contribution in [2.45, 2.75) is 0 Å². The Morgan fingerprint density at radius 2 is 1.83 bits per heavy atom. The molecule has 1 aromatic heterocycles. The monoisotopic (exact) mass is 402 g/mol. The Kier molecular flexibility index (Phi) is 4.92.